The molecule has 2 saturated carbocycles. The Kier molecular flexibility index (Phi) is 6.20. The summed E-state index contributed by atoms with van der Waals surface area (Å²) < 4.78 is 13.7. The number of aryl methyl sites for hydroxylation is 1. The number of carbonyl (C=O) groups excluding carboxylic acids is 1. The van der Waals surface area contributed by atoms with Gasteiger partial charge in [-0.1, -0.05) is 6.07 Å². The van der Waals surface area contributed by atoms with Gasteiger partial charge in [-0.2, -0.15) is 5.26 Å². The second-order valence-corrected chi connectivity index (χ2v) is 10.2. The van der Waals surface area contributed by atoms with Crippen LogP contribution in [0.4, 0.5) is 10.5 Å². The Morgan fingerprint density at radius 3 is 2.58 bits per heavy atom. The number of benzene rings is 2. The first-order valence-corrected chi connectivity index (χ1v) is 13.1. The smallest absolute Gasteiger partial charge is 0.411 e. The molecule has 2 aromatic heterocycles. The normalized spacial score (nSPS) is 15.9. The molecule has 2 heterocycles. The van der Waals surface area contributed by atoms with Gasteiger partial charge in [-0.3, -0.25) is 5.32 Å². The second-order valence-electron chi connectivity index (χ2n) is 10.2. The number of rotatable bonds is 7. The molecule has 0 bridgehead atoms. The first-order valence-electron chi connectivity index (χ1n) is 13.1. The fourth-order valence-electron chi connectivity index (χ4n) is 5.14. The summed E-state index contributed by atoms with van der Waals surface area (Å²) in [5, 5.41) is 14.0. The molecule has 0 aliphatic heterocycles. The molecule has 192 valence electrons. The maximum Gasteiger partial charge on any atom is 0.411 e. The molecule has 1 amide bonds. The van der Waals surface area contributed by atoms with Crippen LogP contribution in [0.5, 0.6) is 11.8 Å². The van der Waals surface area contributed by atoms with Crippen LogP contribution in [0.25, 0.3) is 22.2 Å². The van der Waals surface area contributed by atoms with Gasteiger partial charge in [0.15, 0.2) is 0 Å². The van der Waals surface area contributed by atoms with Crippen LogP contribution >= 0.6 is 0 Å². The van der Waals surface area contributed by atoms with E-state index in [1.165, 1.54) is 0 Å². The summed E-state index contributed by atoms with van der Waals surface area (Å²) in [6.45, 7) is 3.90. The highest BCUT2D eigenvalue weighted by atomic mass is 16.6. The number of carbonyl (C=O) groups is 1. The first kappa shape index (κ1) is 24.0. The molecule has 2 fully saturated rings. The van der Waals surface area contributed by atoms with Crippen molar-refractivity contribution >= 4 is 22.7 Å². The summed E-state index contributed by atoms with van der Waals surface area (Å²) in [7, 11) is 0. The van der Waals surface area contributed by atoms with Crippen molar-refractivity contribution in [2.75, 3.05) is 5.32 Å². The van der Waals surface area contributed by atoms with E-state index < -0.39 is 6.09 Å². The van der Waals surface area contributed by atoms with Crippen molar-refractivity contribution in [2.45, 2.75) is 58.1 Å². The molecule has 2 aromatic carbocycles. The van der Waals surface area contributed by atoms with Gasteiger partial charge in [0, 0.05) is 35.6 Å². The van der Waals surface area contributed by atoms with Gasteiger partial charge in [0.05, 0.1) is 16.8 Å². The predicted molar refractivity (Wildman–Crippen MR) is 144 cm³/mol. The Hall–Kier alpha value is -4.38. The lowest BCUT2D eigenvalue weighted by atomic mass is 9.92. The largest absolute Gasteiger partial charge is 0.446 e. The Labute approximate surface area is 221 Å². The van der Waals surface area contributed by atoms with Gasteiger partial charge in [0.25, 0.3) is 0 Å². The molecule has 0 spiro atoms. The average Bonchev–Trinajstić information content (AvgIpc) is 3.69. The van der Waals surface area contributed by atoms with Crippen molar-refractivity contribution in [3.63, 3.8) is 0 Å². The lowest BCUT2D eigenvalue weighted by Gasteiger charge is -2.30. The lowest BCUT2D eigenvalue weighted by molar-refractivity contribution is 0.108. The molecule has 38 heavy (non-hydrogen) atoms. The summed E-state index contributed by atoms with van der Waals surface area (Å²) in [5.74, 6) is 1.10. The summed E-state index contributed by atoms with van der Waals surface area (Å²) in [5.41, 5.74) is 5.00. The Morgan fingerprint density at radius 2 is 1.92 bits per heavy atom. The van der Waals surface area contributed by atoms with E-state index in [1.54, 1.807) is 18.5 Å². The van der Waals surface area contributed by atoms with E-state index in [0.717, 1.165) is 59.8 Å². The van der Waals surface area contributed by atoms with Crippen molar-refractivity contribution in [1.82, 2.24) is 14.5 Å². The molecule has 1 N–H and O–H groups in total. The Bertz CT molecular complexity index is 1550. The molecule has 0 radical (unpaired) electrons. The number of nitrogens with zero attached hydrogens (tertiary/aromatic N) is 4. The van der Waals surface area contributed by atoms with Crippen LogP contribution in [0.1, 0.15) is 56.2 Å². The molecule has 8 heteroatoms. The maximum absolute atomic E-state index is 12.4. The van der Waals surface area contributed by atoms with E-state index in [0.29, 0.717) is 29.0 Å². The predicted octanol–water partition coefficient (Wildman–Crippen LogP) is 7.14. The van der Waals surface area contributed by atoms with Crippen LogP contribution in [-0.4, -0.2) is 26.7 Å². The zero-order chi connectivity index (χ0) is 26.2. The van der Waals surface area contributed by atoms with Crippen LogP contribution in [-0.2, 0) is 4.74 Å². The van der Waals surface area contributed by atoms with Crippen molar-refractivity contribution in [3.05, 3.63) is 66.0 Å². The molecule has 0 saturated heterocycles. The quantitative estimate of drug-likeness (QED) is 0.285. The summed E-state index contributed by atoms with van der Waals surface area (Å²) in [6, 6.07) is 16.4. The minimum atomic E-state index is -0.434. The van der Waals surface area contributed by atoms with Crippen molar-refractivity contribution in [1.29, 1.82) is 5.26 Å². The van der Waals surface area contributed by atoms with Crippen LogP contribution in [0.2, 0.25) is 0 Å². The fraction of sp³-hybridized carbons (Fsp3) is 0.333. The molecular formula is C30H29N5O3. The molecule has 1 atom stereocenters. The number of amides is 1. The zero-order valence-corrected chi connectivity index (χ0v) is 21.5. The number of nitriles is 1. The fourth-order valence-corrected chi connectivity index (χ4v) is 5.14. The van der Waals surface area contributed by atoms with Crippen LogP contribution in [0.15, 0.2) is 54.9 Å². The number of ether oxygens (including phenoxy) is 2. The van der Waals surface area contributed by atoms with Crippen molar-refractivity contribution < 1.29 is 14.3 Å². The molecule has 0 unspecified atom stereocenters. The molecular weight excluding hydrogens is 478 g/mol. The summed E-state index contributed by atoms with van der Waals surface area (Å²) in [4.78, 5) is 20.8. The number of nitrogens with one attached hydrogen (secondary N) is 1. The molecule has 2 aliphatic rings. The van der Waals surface area contributed by atoms with E-state index in [4.69, 9.17) is 9.47 Å². The molecule has 4 aromatic rings. The van der Waals surface area contributed by atoms with Crippen molar-refractivity contribution in [3.8, 4) is 29.1 Å². The third-order valence-electron chi connectivity index (χ3n) is 7.59. The van der Waals surface area contributed by atoms with E-state index in [2.05, 4.69) is 25.9 Å². The summed E-state index contributed by atoms with van der Waals surface area (Å²) in [6.07, 6.45) is 8.26. The maximum atomic E-state index is 12.4. The standard InChI is InChI=1S/C30H29N5O3/c1-18-15-21(9-12-26(18)34-30(36)37-19(2)20-7-8-20)28-25(17-31)24-11-10-23(38-29-32-13-4-14-33-29)16-27(24)35(28)22-5-3-6-22/h4,9-16,19-20,22H,3,5-8H2,1-2H3,(H,34,36)/t19-/m1/s1. The van der Waals surface area contributed by atoms with E-state index in [-0.39, 0.29) is 12.1 Å². The Balaban J connectivity index is 1.37. The topological polar surface area (TPSA) is 102 Å². The lowest BCUT2D eigenvalue weighted by Crippen LogP contribution is -2.22. The third-order valence-corrected chi connectivity index (χ3v) is 7.59. The van der Waals surface area contributed by atoms with Crippen LogP contribution in [0, 0.1) is 24.2 Å². The second kappa shape index (κ2) is 9.82. The number of anilines is 1. The molecule has 6 rings (SSSR count). The highest BCUT2D eigenvalue weighted by molar-refractivity contribution is 5.96. The van der Waals surface area contributed by atoms with E-state index in [1.807, 2.05) is 50.2 Å². The van der Waals surface area contributed by atoms with Gasteiger partial charge in [0.1, 0.15) is 17.9 Å². The number of hydrogen-bond acceptors (Lipinski definition) is 6. The number of fused-ring (bicyclic) bond motifs is 1. The Morgan fingerprint density at radius 1 is 1.13 bits per heavy atom. The molecule has 2 aliphatic carbocycles. The average molecular weight is 508 g/mol. The minimum Gasteiger partial charge on any atom is -0.446 e. The monoisotopic (exact) mass is 507 g/mol. The zero-order valence-electron chi connectivity index (χ0n) is 21.5. The van der Waals surface area contributed by atoms with Gasteiger partial charge >= 0.3 is 12.1 Å². The van der Waals surface area contributed by atoms with Gasteiger partial charge < -0.3 is 14.0 Å². The SMILES string of the molecule is Cc1cc(-c2c(C#N)c3ccc(Oc4ncccn4)cc3n2C2CCC2)ccc1NC(=O)O[C@H](C)C1CC1. The van der Waals surface area contributed by atoms with Crippen LogP contribution < -0.4 is 10.1 Å². The van der Waals surface area contributed by atoms with E-state index >= 15 is 0 Å². The van der Waals surface area contributed by atoms with E-state index in [9.17, 15) is 10.1 Å². The highest BCUT2D eigenvalue weighted by Gasteiger charge is 2.31. The minimum absolute atomic E-state index is 0.0757. The summed E-state index contributed by atoms with van der Waals surface area (Å²) >= 11 is 0. The number of aromatic nitrogens is 3. The van der Waals surface area contributed by atoms with Gasteiger partial charge in [0.2, 0.25) is 0 Å². The third kappa shape index (κ3) is 4.56. The van der Waals surface area contributed by atoms with Gasteiger partial charge in [-0.15, -0.1) is 0 Å². The van der Waals surface area contributed by atoms with Gasteiger partial charge in [-0.25, -0.2) is 14.8 Å². The first-order chi connectivity index (χ1) is 18.5. The van der Waals surface area contributed by atoms with Crippen molar-refractivity contribution in [2.24, 2.45) is 5.92 Å². The van der Waals surface area contributed by atoms with Crippen LogP contribution in [0.3, 0.4) is 0 Å². The molecule has 8 nitrogen and oxygen atoms in total. The van der Waals surface area contributed by atoms with Gasteiger partial charge in [-0.05, 0) is 93.3 Å². The number of hydrogen-bond donors (Lipinski definition) is 1. The highest BCUT2D eigenvalue weighted by Crippen LogP contribution is 2.44.